The Bertz CT molecular complexity index is 4380. The normalized spacial score (nSPS) is 12.4. The highest BCUT2D eigenvalue weighted by molar-refractivity contribution is 6.53. The zero-order valence-corrected chi connectivity index (χ0v) is 35.7. The first-order valence-electron chi connectivity index (χ1n) is 22.9. The summed E-state index contributed by atoms with van der Waals surface area (Å²) in [6, 6.07) is 80.2. The van der Waals surface area contributed by atoms with Crippen LogP contribution in [0, 0.1) is 6.92 Å². The summed E-state index contributed by atoms with van der Waals surface area (Å²) in [6.07, 6.45) is 0. The molecule has 298 valence electrons. The zero-order chi connectivity index (χ0) is 42.5. The molecule has 0 amide bonds. The Morgan fingerprint density at radius 1 is 0.215 bits per heavy atom. The molecule has 0 radical (unpaired) electrons. The van der Waals surface area contributed by atoms with Crippen LogP contribution >= 0.6 is 0 Å². The highest BCUT2D eigenvalue weighted by atomic mass is 14.3. The number of benzene rings is 13. The molecule has 0 nitrogen and oxygen atoms in total. The van der Waals surface area contributed by atoms with Crippen LogP contribution in [-0.2, 0) is 0 Å². The first kappa shape index (κ1) is 35.2. The van der Waals surface area contributed by atoms with Gasteiger partial charge < -0.3 is 0 Å². The van der Waals surface area contributed by atoms with Gasteiger partial charge in [-0.05, 0) is 171 Å². The molecule has 0 spiro atoms. The summed E-state index contributed by atoms with van der Waals surface area (Å²) in [5, 5.41) is 26.6. The average molecular weight is 819 g/mol. The van der Waals surface area contributed by atoms with E-state index in [4.69, 9.17) is 0 Å². The zero-order valence-electron chi connectivity index (χ0n) is 35.7. The van der Waals surface area contributed by atoms with E-state index in [0.717, 1.165) is 0 Å². The molecule has 0 aliphatic rings. The number of hydrogen-bond donors (Lipinski definition) is 0. The van der Waals surface area contributed by atoms with Crippen molar-refractivity contribution in [2.45, 2.75) is 6.92 Å². The van der Waals surface area contributed by atoms with Crippen LogP contribution in [0.1, 0.15) is 5.56 Å². The highest BCUT2D eigenvalue weighted by Gasteiger charge is 2.29. The van der Waals surface area contributed by atoms with Gasteiger partial charge in [0.05, 0.1) is 0 Å². The quantitative estimate of drug-likeness (QED) is 0.123. The fourth-order valence-electron chi connectivity index (χ4n) is 12.4. The SMILES string of the molecule is Cc1ccc2c3c1cccc3c1c3c(cc4c(-c5ccccc5-c5ccccc5)c5c6ccc(-c7ccccc7)c7c(-c8ccccc8)ccc(c76)c5c2c41)c1cccc2cccc3c21. The van der Waals surface area contributed by atoms with Crippen LogP contribution < -0.4 is 0 Å². The summed E-state index contributed by atoms with van der Waals surface area (Å²) in [5.41, 5.74) is 11.3. The van der Waals surface area contributed by atoms with E-state index in [-0.39, 0.29) is 0 Å². The predicted molar refractivity (Wildman–Crippen MR) is 282 cm³/mol. The molecule has 0 heterocycles. The van der Waals surface area contributed by atoms with Crippen LogP contribution in [0.15, 0.2) is 212 Å². The lowest BCUT2D eigenvalue weighted by Gasteiger charge is -2.22. The van der Waals surface area contributed by atoms with E-state index in [9.17, 15) is 0 Å². The van der Waals surface area contributed by atoms with Crippen molar-refractivity contribution in [2.75, 3.05) is 0 Å². The maximum Gasteiger partial charge on any atom is -0.000673 e. The Morgan fingerprint density at radius 3 is 1.34 bits per heavy atom. The molecular weight excluding hydrogens is 781 g/mol. The highest BCUT2D eigenvalue weighted by Crippen LogP contribution is 2.58. The molecule has 0 unspecified atom stereocenters. The lowest BCUT2D eigenvalue weighted by molar-refractivity contribution is 1.55. The summed E-state index contributed by atoms with van der Waals surface area (Å²) in [6.45, 7) is 2.28. The van der Waals surface area contributed by atoms with Gasteiger partial charge in [0.25, 0.3) is 0 Å². The minimum absolute atomic E-state index is 1.22. The smallest absolute Gasteiger partial charge is 0.000673 e. The van der Waals surface area contributed by atoms with Crippen LogP contribution in [0.25, 0.3) is 152 Å². The molecule has 65 heavy (non-hydrogen) atoms. The van der Waals surface area contributed by atoms with Crippen LogP contribution in [0.2, 0.25) is 0 Å². The number of fused-ring (bicyclic) bond motifs is 10. The van der Waals surface area contributed by atoms with Crippen molar-refractivity contribution >= 4 is 108 Å². The molecular formula is C65H38. The van der Waals surface area contributed by atoms with E-state index >= 15 is 0 Å². The van der Waals surface area contributed by atoms with Gasteiger partial charge in [-0.2, -0.15) is 0 Å². The van der Waals surface area contributed by atoms with Gasteiger partial charge in [-0.3, -0.25) is 0 Å². The molecule has 0 atom stereocenters. The molecule has 0 aliphatic carbocycles. The third-order valence-corrected chi connectivity index (χ3v) is 15.0. The first-order valence-corrected chi connectivity index (χ1v) is 22.9. The van der Waals surface area contributed by atoms with Gasteiger partial charge in [0.2, 0.25) is 0 Å². The summed E-state index contributed by atoms with van der Waals surface area (Å²) in [5.74, 6) is 0. The van der Waals surface area contributed by atoms with Crippen molar-refractivity contribution < 1.29 is 0 Å². The molecule has 15 rings (SSSR count). The van der Waals surface area contributed by atoms with E-state index < -0.39 is 0 Å². The lowest BCUT2D eigenvalue weighted by atomic mass is 9.80. The van der Waals surface area contributed by atoms with Crippen molar-refractivity contribution in [3.8, 4) is 44.5 Å². The van der Waals surface area contributed by atoms with E-state index in [1.807, 2.05) is 0 Å². The third kappa shape index (κ3) is 4.55. The average Bonchev–Trinajstić information content (AvgIpc) is 3.88. The molecule has 15 aromatic rings. The van der Waals surface area contributed by atoms with Gasteiger partial charge in [0.15, 0.2) is 0 Å². The Labute approximate surface area is 375 Å². The fourth-order valence-corrected chi connectivity index (χ4v) is 12.4. The molecule has 0 saturated heterocycles. The molecule has 0 aromatic heterocycles. The largest absolute Gasteiger partial charge is 0.0622 e. The minimum atomic E-state index is 1.22. The second kappa shape index (κ2) is 12.9. The van der Waals surface area contributed by atoms with E-state index in [1.165, 1.54) is 158 Å². The maximum absolute atomic E-state index is 2.59. The van der Waals surface area contributed by atoms with E-state index in [2.05, 4.69) is 219 Å². The van der Waals surface area contributed by atoms with Crippen molar-refractivity contribution in [2.24, 2.45) is 0 Å². The van der Waals surface area contributed by atoms with Crippen molar-refractivity contribution in [3.63, 3.8) is 0 Å². The van der Waals surface area contributed by atoms with Crippen LogP contribution in [0.4, 0.5) is 0 Å². The summed E-state index contributed by atoms with van der Waals surface area (Å²) in [7, 11) is 0. The molecule has 0 heteroatoms. The fraction of sp³-hybridized carbons (Fsp3) is 0.0154. The van der Waals surface area contributed by atoms with Crippen molar-refractivity contribution in [1.29, 1.82) is 0 Å². The lowest BCUT2D eigenvalue weighted by Crippen LogP contribution is -1.94. The minimum Gasteiger partial charge on any atom is -0.0622 e. The molecule has 0 aliphatic heterocycles. The standard InChI is InChI=1S/C65H38/c1-37-30-31-50-56-42(37)26-15-29-49(56)61-60-48-28-14-23-41-22-13-27-47(55(41)48)53(60)36-54-58(46-25-12-11-24-43(46)38-16-5-2-6-17-38)62-51-34-32-44(39-18-7-3-8-19-39)57-45(40-20-9-4-10-21-40)33-35-52(59(51)57)64(62)63(50)65(54)61/h2-36H,1H3. The topological polar surface area (TPSA) is 0 Å². The van der Waals surface area contributed by atoms with Gasteiger partial charge in [0, 0.05) is 0 Å². The first-order chi connectivity index (χ1) is 32.2. The van der Waals surface area contributed by atoms with E-state index in [1.54, 1.807) is 0 Å². The number of aryl methyl sites for hydroxylation is 1. The molecule has 0 fully saturated rings. The Kier molecular flexibility index (Phi) is 6.97. The van der Waals surface area contributed by atoms with Crippen LogP contribution in [-0.4, -0.2) is 0 Å². The number of rotatable bonds is 4. The second-order valence-electron chi connectivity index (χ2n) is 18.2. The van der Waals surface area contributed by atoms with Crippen molar-refractivity contribution in [1.82, 2.24) is 0 Å². The van der Waals surface area contributed by atoms with Crippen molar-refractivity contribution in [3.05, 3.63) is 218 Å². The monoisotopic (exact) mass is 818 g/mol. The van der Waals surface area contributed by atoms with Crippen LogP contribution in [0.5, 0.6) is 0 Å². The predicted octanol–water partition coefficient (Wildman–Crippen LogP) is 18.5. The van der Waals surface area contributed by atoms with Gasteiger partial charge in [-0.25, -0.2) is 0 Å². The van der Waals surface area contributed by atoms with Gasteiger partial charge in [0.1, 0.15) is 0 Å². The second-order valence-corrected chi connectivity index (χ2v) is 18.2. The Balaban J connectivity index is 1.30. The maximum atomic E-state index is 2.59. The van der Waals surface area contributed by atoms with E-state index in [0.29, 0.717) is 0 Å². The molecule has 15 aromatic carbocycles. The van der Waals surface area contributed by atoms with Crippen LogP contribution in [0.3, 0.4) is 0 Å². The summed E-state index contributed by atoms with van der Waals surface area (Å²) >= 11 is 0. The molecule has 0 bridgehead atoms. The third-order valence-electron chi connectivity index (χ3n) is 15.0. The van der Waals surface area contributed by atoms with Gasteiger partial charge in [-0.1, -0.05) is 206 Å². The summed E-state index contributed by atoms with van der Waals surface area (Å²) < 4.78 is 0. The molecule has 0 saturated carbocycles. The Morgan fingerprint density at radius 2 is 0.662 bits per heavy atom. The Hall–Kier alpha value is -8.32. The summed E-state index contributed by atoms with van der Waals surface area (Å²) in [4.78, 5) is 0. The van der Waals surface area contributed by atoms with Gasteiger partial charge in [-0.15, -0.1) is 0 Å². The number of hydrogen-bond acceptors (Lipinski definition) is 0. The molecule has 0 N–H and O–H groups in total. The van der Waals surface area contributed by atoms with Gasteiger partial charge >= 0.3 is 0 Å².